The monoisotopic (exact) mass is 353 g/mol. The van der Waals surface area contributed by atoms with Crippen molar-refractivity contribution in [2.45, 2.75) is 12.5 Å². The van der Waals surface area contributed by atoms with E-state index in [2.05, 4.69) is 30.6 Å². The highest BCUT2D eigenvalue weighted by molar-refractivity contribution is 5.87. The summed E-state index contributed by atoms with van der Waals surface area (Å²) >= 11 is 0. The molecule has 3 aromatic rings. The van der Waals surface area contributed by atoms with E-state index in [-0.39, 0.29) is 11.7 Å². The quantitative estimate of drug-likeness (QED) is 0.524. The van der Waals surface area contributed by atoms with E-state index in [9.17, 15) is 10.1 Å². The van der Waals surface area contributed by atoms with Crippen LogP contribution in [0.2, 0.25) is 0 Å². The van der Waals surface area contributed by atoms with Gasteiger partial charge in [-0.25, -0.2) is 19.9 Å². The Kier molecular flexibility index (Phi) is 4.23. The fourth-order valence-electron chi connectivity index (χ4n) is 2.68. The van der Waals surface area contributed by atoms with Crippen molar-refractivity contribution in [3.05, 3.63) is 46.9 Å². The average molecular weight is 353 g/mol. The maximum absolute atomic E-state index is 10.9. The van der Waals surface area contributed by atoms with Gasteiger partial charge in [0.15, 0.2) is 5.82 Å². The zero-order chi connectivity index (χ0) is 17.9. The first kappa shape index (κ1) is 16.1. The number of benzene rings is 1. The molecule has 0 aliphatic carbocycles. The molecule has 1 unspecified atom stereocenters. The number of rotatable bonds is 5. The number of fused-ring (bicyclic) bond motifs is 1. The second-order valence-electron chi connectivity index (χ2n) is 5.79. The highest BCUT2D eigenvalue weighted by Crippen LogP contribution is 2.24. The molecular weight excluding hydrogens is 338 g/mol. The van der Waals surface area contributed by atoms with Gasteiger partial charge in [0, 0.05) is 24.4 Å². The Morgan fingerprint density at radius 1 is 1.27 bits per heavy atom. The van der Waals surface area contributed by atoms with Crippen LogP contribution in [0.3, 0.4) is 0 Å². The van der Waals surface area contributed by atoms with E-state index in [1.54, 1.807) is 18.3 Å². The van der Waals surface area contributed by atoms with Crippen molar-refractivity contribution >= 4 is 34.2 Å². The van der Waals surface area contributed by atoms with Crippen LogP contribution in [0.25, 0.3) is 11.0 Å². The molecular formula is C16H15N7O3. The molecule has 10 nitrogen and oxygen atoms in total. The Morgan fingerprint density at radius 3 is 3.00 bits per heavy atom. The lowest BCUT2D eigenvalue weighted by Crippen LogP contribution is -2.20. The van der Waals surface area contributed by atoms with Crippen LogP contribution in [0.1, 0.15) is 6.42 Å². The Hall–Kier alpha value is -3.40. The topological polar surface area (TPSA) is 128 Å². The van der Waals surface area contributed by atoms with Gasteiger partial charge in [-0.15, -0.1) is 0 Å². The van der Waals surface area contributed by atoms with Crippen LogP contribution in [-0.4, -0.2) is 44.1 Å². The van der Waals surface area contributed by atoms with Gasteiger partial charge in [-0.1, -0.05) is 6.07 Å². The molecule has 1 saturated heterocycles. The standard InChI is InChI=1S/C16H15N7O3/c24-23(25)12-3-1-2-10(6-12)20-15-14-13(18-9-19-15)7-17-16(22-14)21-11-4-5-26-8-11/h1-3,6-7,9,11H,4-5,8H2,(H,17,21,22)(H,18,19,20). The summed E-state index contributed by atoms with van der Waals surface area (Å²) in [7, 11) is 0. The maximum atomic E-state index is 10.9. The van der Waals surface area contributed by atoms with Crippen molar-refractivity contribution in [3.8, 4) is 0 Å². The van der Waals surface area contributed by atoms with E-state index < -0.39 is 4.92 Å². The molecule has 1 atom stereocenters. The van der Waals surface area contributed by atoms with E-state index in [0.29, 0.717) is 41.7 Å². The summed E-state index contributed by atoms with van der Waals surface area (Å²) in [5, 5.41) is 17.2. The molecule has 1 aromatic carbocycles. The van der Waals surface area contributed by atoms with Crippen LogP contribution in [0.5, 0.6) is 0 Å². The molecule has 26 heavy (non-hydrogen) atoms. The molecule has 1 aliphatic heterocycles. The molecule has 0 spiro atoms. The molecule has 132 valence electrons. The maximum Gasteiger partial charge on any atom is 0.271 e. The second-order valence-corrected chi connectivity index (χ2v) is 5.79. The van der Waals surface area contributed by atoms with Gasteiger partial charge < -0.3 is 15.4 Å². The summed E-state index contributed by atoms with van der Waals surface area (Å²) in [6, 6.07) is 6.36. The average Bonchev–Trinajstić information content (AvgIpc) is 3.15. The van der Waals surface area contributed by atoms with Gasteiger partial charge in [0.25, 0.3) is 5.69 Å². The van der Waals surface area contributed by atoms with E-state index >= 15 is 0 Å². The minimum Gasteiger partial charge on any atom is -0.379 e. The number of ether oxygens (including phenoxy) is 1. The van der Waals surface area contributed by atoms with Crippen LogP contribution in [0.15, 0.2) is 36.8 Å². The summed E-state index contributed by atoms with van der Waals surface area (Å²) in [5.74, 6) is 0.911. The zero-order valence-corrected chi connectivity index (χ0v) is 13.6. The zero-order valence-electron chi connectivity index (χ0n) is 13.6. The molecule has 10 heteroatoms. The van der Waals surface area contributed by atoms with Gasteiger partial charge in [-0.2, -0.15) is 0 Å². The predicted octanol–water partition coefficient (Wildman–Crippen LogP) is 2.27. The third-order valence-electron chi connectivity index (χ3n) is 3.96. The van der Waals surface area contributed by atoms with Gasteiger partial charge in [-0.3, -0.25) is 10.1 Å². The van der Waals surface area contributed by atoms with E-state index in [4.69, 9.17) is 4.74 Å². The lowest BCUT2D eigenvalue weighted by atomic mass is 10.2. The number of nitrogens with one attached hydrogen (secondary N) is 2. The highest BCUT2D eigenvalue weighted by Gasteiger charge is 2.17. The number of aromatic nitrogens is 4. The molecule has 0 bridgehead atoms. The summed E-state index contributed by atoms with van der Waals surface area (Å²) in [4.78, 5) is 27.6. The fraction of sp³-hybridized carbons (Fsp3) is 0.250. The summed E-state index contributed by atoms with van der Waals surface area (Å²) in [6.45, 7) is 1.33. The molecule has 0 saturated carbocycles. The SMILES string of the molecule is O=[N+]([O-])c1cccc(Nc2ncnc3cnc(NC4CCOC4)nc23)c1. The molecule has 3 heterocycles. The molecule has 0 amide bonds. The molecule has 4 rings (SSSR count). The van der Waals surface area contributed by atoms with Gasteiger partial charge in [0.2, 0.25) is 5.95 Å². The van der Waals surface area contributed by atoms with Gasteiger partial charge >= 0.3 is 0 Å². The molecule has 2 N–H and O–H groups in total. The van der Waals surface area contributed by atoms with Crippen molar-refractivity contribution < 1.29 is 9.66 Å². The Morgan fingerprint density at radius 2 is 2.19 bits per heavy atom. The van der Waals surface area contributed by atoms with Crippen molar-refractivity contribution in [2.75, 3.05) is 23.8 Å². The fourth-order valence-corrected chi connectivity index (χ4v) is 2.68. The summed E-state index contributed by atoms with van der Waals surface area (Å²) < 4.78 is 5.34. The number of nitrogens with zero attached hydrogens (tertiary/aromatic N) is 5. The van der Waals surface area contributed by atoms with E-state index in [1.807, 2.05) is 0 Å². The number of anilines is 3. The van der Waals surface area contributed by atoms with Crippen molar-refractivity contribution in [3.63, 3.8) is 0 Å². The third-order valence-corrected chi connectivity index (χ3v) is 3.96. The molecule has 0 radical (unpaired) electrons. The highest BCUT2D eigenvalue weighted by atomic mass is 16.6. The summed E-state index contributed by atoms with van der Waals surface area (Å²) in [5.41, 5.74) is 1.62. The van der Waals surface area contributed by atoms with E-state index in [1.165, 1.54) is 18.5 Å². The van der Waals surface area contributed by atoms with Gasteiger partial charge in [0.1, 0.15) is 17.4 Å². The minimum atomic E-state index is -0.447. The minimum absolute atomic E-state index is 0.00780. The molecule has 1 fully saturated rings. The van der Waals surface area contributed by atoms with Gasteiger partial charge in [0.05, 0.1) is 23.8 Å². The Labute approximate surface area is 147 Å². The number of non-ortho nitro benzene ring substituents is 1. The number of hydrogen-bond acceptors (Lipinski definition) is 9. The third kappa shape index (κ3) is 3.35. The number of nitro benzene ring substituents is 1. The van der Waals surface area contributed by atoms with Gasteiger partial charge in [-0.05, 0) is 12.5 Å². The van der Waals surface area contributed by atoms with Crippen molar-refractivity contribution in [1.82, 2.24) is 19.9 Å². The first-order valence-electron chi connectivity index (χ1n) is 8.02. The lowest BCUT2D eigenvalue weighted by molar-refractivity contribution is -0.384. The van der Waals surface area contributed by atoms with Crippen LogP contribution >= 0.6 is 0 Å². The first-order chi connectivity index (χ1) is 12.7. The predicted molar refractivity (Wildman–Crippen MR) is 94.4 cm³/mol. The lowest BCUT2D eigenvalue weighted by Gasteiger charge is -2.12. The van der Waals surface area contributed by atoms with Crippen LogP contribution < -0.4 is 10.6 Å². The molecule has 2 aromatic heterocycles. The number of hydrogen-bond donors (Lipinski definition) is 2. The molecule has 1 aliphatic rings. The van der Waals surface area contributed by atoms with Crippen molar-refractivity contribution in [1.29, 1.82) is 0 Å². The normalized spacial score (nSPS) is 16.5. The Balaban J connectivity index is 1.65. The second kappa shape index (κ2) is 6.84. The number of nitro groups is 1. The Bertz CT molecular complexity index is 959. The van der Waals surface area contributed by atoms with E-state index in [0.717, 1.165) is 6.42 Å². The van der Waals surface area contributed by atoms with Crippen LogP contribution in [0, 0.1) is 10.1 Å². The summed E-state index contributed by atoms with van der Waals surface area (Å²) in [6.07, 6.45) is 3.90. The smallest absolute Gasteiger partial charge is 0.271 e. The first-order valence-corrected chi connectivity index (χ1v) is 8.02. The largest absolute Gasteiger partial charge is 0.379 e. The van der Waals surface area contributed by atoms with Crippen LogP contribution in [-0.2, 0) is 4.74 Å². The van der Waals surface area contributed by atoms with Crippen LogP contribution in [0.4, 0.5) is 23.1 Å². The van der Waals surface area contributed by atoms with Crippen molar-refractivity contribution in [2.24, 2.45) is 0 Å².